The minimum absolute atomic E-state index is 1.00. The molecule has 0 heterocycles. The van der Waals surface area contributed by atoms with E-state index in [4.69, 9.17) is 13.4 Å². The molecule has 0 fully saturated rings. The normalized spacial score (nSPS) is 9.85. The van der Waals surface area contributed by atoms with E-state index >= 15 is 0 Å². The minimum Gasteiger partial charge on any atom is -0.315 e. The molecular formula is C7H25N3O3. The van der Waals surface area contributed by atoms with Crippen molar-refractivity contribution in [2.24, 2.45) is 0 Å². The molecule has 0 amide bonds. The van der Waals surface area contributed by atoms with Gasteiger partial charge in [-0.05, 0) is 0 Å². The van der Waals surface area contributed by atoms with E-state index < -0.39 is 0 Å². The molecule has 0 saturated heterocycles. The first kappa shape index (κ1) is 15.2. The molecule has 86 valence electrons. The van der Waals surface area contributed by atoms with Crippen molar-refractivity contribution in [1.29, 1.82) is 0 Å². The van der Waals surface area contributed by atoms with Gasteiger partial charge < -0.3 is 15.3 Å². The third-order valence-electron chi connectivity index (χ3n) is 0.365. The van der Waals surface area contributed by atoms with Crippen LogP contribution in [-0.4, -0.2) is 75.0 Å². The molecule has 0 aromatic carbocycles. The maximum atomic E-state index is 7.89. The number of hydrogen-bond donors (Lipinski definition) is 2. The van der Waals surface area contributed by atoms with E-state index in [0.29, 0.717) is 0 Å². The van der Waals surface area contributed by atoms with Gasteiger partial charge in [-0.15, -0.1) is 0 Å². The molecule has 6 nitrogen and oxygen atoms in total. The van der Waals surface area contributed by atoms with Gasteiger partial charge in [0.05, 0.1) is 7.11 Å². The van der Waals surface area contributed by atoms with Crippen LogP contribution in [0.3, 0.4) is 0 Å². The van der Waals surface area contributed by atoms with Crippen LogP contribution in [0, 0.1) is 0 Å². The van der Waals surface area contributed by atoms with E-state index in [9.17, 15) is 0 Å². The van der Waals surface area contributed by atoms with Gasteiger partial charge in [0.2, 0.25) is 0 Å². The first-order chi connectivity index (χ1) is 6.73. The third-order valence-corrected chi connectivity index (χ3v) is 0.365. The van der Waals surface area contributed by atoms with Gasteiger partial charge in [-0.1, -0.05) is 0 Å². The highest BCUT2D eigenvalue weighted by molar-refractivity contribution is 3.97. The fourth-order valence-corrected chi connectivity index (χ4v) is 0. The van der Waals surface area contributed by atoms with Crippen LogP contribution in [0.2, 0.25) is 0 Å². The molecule has 0 spiro atoms. The highest BCUT2D eigenvalue weighted by Gasteiger charge is 1.70. The predicted octanol–water partition coefficient (Wildman–Crippen LogP) is 0.230. The van der Waals surface area contributed by atoms with Crippen molar-refractivity contribution in [1.82, 2.24) is 15.2 Å². The summed E-state index contributed by atoms with van der Waals surface area (Å²) in [5.41, 5.74) is 0. The maximum absolute atomic E-state index is 7.89. The van der Waals surface area contributed by atoms with E-state index in [0.717, 1.165) is 10.1 Å². The molecular weight excluding hydrogens is 174 g/mol. The zero-order valence-corrected chi connectivity index (χ0v) is 9.64. The molecule has 6 heteroatoms. The van der Waals surface area contributed by atoms with Gasteiger partial charge in [-0.3, -0.25) is 0 Å². The zero-order valence-electron chi connectivity index (χ0n) is 11.6. The number of nitrogens with zero attached hydrogens (tertiary/aromatic N) is 3. The molecule has 0 aliphatic rings. The van der Waals surface area contributed by atoms with Crippen LogP contribution in [0.1, 0.15) is 2.97 Å². The van der Waals surface area contributed by atoms with E-state index in [1.54, 1.807) is 40.4 Å². The Morgan fingerprint density at radius 1 is 1.00 bits per heavy atom. The van der Waals surface area contributed by atoms with Crippen molar-refractivity contribution >= 4 is 0 Å². The summed E-state index contributed by atoms with van der Waals surface area (Å²) in [5.74, 6) is 0. The topological polar surface area (TPSA) is 59.4 Å². The van der Waals surface area contributed by atoms with Crippen molar-refractivity contribution in [2.75, 3.05) is 49.4 Å². The smallest absolute Gasteiger partial charge is 0.0574 e. The van der Waals surface area contributed by atoms with Gasteiger partial charge in [0, 0.05) is 45.3 Å². The summed E-state index contributed by atoms with van der Waals surface area (Å²) in [6, 6.07) is 0. The average molecular weight is 202 g/mol. The van der Waals surface area contributed by atoms with Crippen molar-refractivity contribution < 1.29 is 18.2 Å². The Balaban J connectivity index is -0.0000000562. The Morgan fingerprint density at radius 2 is 1.08 bits per heavy atom. The van der Waals surface area contributed by atoms with Crippen molar-refractivity contribution in [3.8, 4) is 0 Å². The summed E-state index contributed by atoms with van der Waals surface area (Å²) in [6.07, 6.45) is 0. The standard InChI is InChI=1S/C3H9NO.2C2H7NO.H2/c1-4(2)5-3;2*1-3(2)4;/h1-3H3;2*4H,1-2H3;1H/i;;;1+2D. The highest BCUT2D eigenvalue weighted by Crippen LogP contribution is 1.64. The van der Waals surface area contributed by atoms with E-state index in [2.05, 4.69) is 4.84 Å². The van der Waals surface area contributed by atoms with E-state index in [1.165, 1.54) is 0 Å². The second-order valence-electron chi connectivity index (χ2n) is 2.69. The van der Waals surface area contributed by atoms with Crippen LogP contribution in [0.15, 0.2) is 0 Å². The Morgan fingerprint density at radius 3 is 1.08 bits per heavy atom. The first-order valence-corrected chi connectivity index (χ1v) is 3.67. The summed E-state index contributed by atoms with van der Waals surface area (Å²) in [5, 5.41) is 19.4. The lowest BCUT2D eigenvalue weighted by Crippen LogP contribution is -2.07. The Bertz CT molecular complexity index is 76.4. The summed E-state index contributed by atoms with van der Waals surface area (Å²) in [7, 11) is 11.5. The van der Waals surface area contributed by atoms with Gasteiger partial charge in [0.1, 0.15) is 0 Å². The molecule has 0 aromatic heterocycles. The fraction of sp³-hybridized carbons (Fsp3) is 1.00. The summed E-state index contributed by atoms with van der Waals surface area (Å²) < 4.78 is 10.0. The summed E-state index contributed by atoms with van der Waals surface area (Å²) in [4.78, 5) is 4.58. The Labute approximate surface area is 83.9 Å². The highest BCUT2D eigenvalue weighted by atomic mass is 16.7. The molecule has 2 N–H and O–H groups in total. The van der Waals surface area contributed by atoms with Crippen molar-refractivity contribution in [3.63, 3.8) is 0 Å². The van der Waals surface area contributed by atoms with Crippen LogP contribution in [0.4, 0.5) is 0 Å². The Hall–Kier alpha value is -0.240. The molecule has 0 bridgehead atoms. The van der Waals surface area contributed by atoms with Crippen molar-refractivity contribution in [3.05, 3.63) is 0 Å². The number of hydroxylamine groups is 6. The third kappa shape index (κ3) is 362. The van der Waals surface area contributed by atoms with E-state index in [1.807, 2.05) is 14.1 Å². The van der Waals surface area contributed by atoms with Gasteiger partial charge in [-0.2, -0.15) is 15.2 Å². The maximum Gasteiger partial charge on any atom is 0.0574 e. The van der Waals surface area contributed by atoms with Gasteiger partial charge in [0.25, 0.3) is 0 Å². The molecule has 0 aromatic rings. The summed E-state index contributed by atoms with van der Waals surface area (Å²) >= 11 is 0. The molecule has 0 radical (unpaired) electrons. The molecule has 0 aliphatic carbocycles. The minimum atomic E-state index is 1.00. The van der Waals surface area contributed by atoms with Crippen LogP contribution < -0.4 is 0 Å². The van der Waals surface area contributed by atoms with E-state index in [-0.39, 0.29) is 0 Å². The molecule has 13 heavy (non-hydrogen) atoms. The van der Waals surface area contributed by atoms with Crippen LogP contribution in [-0.2, 0) is 4.84 Å². The molecule has 0 saturated carbocycles. The lowest BCUT2D eigenvalue weighted by atomic mass is 11.2. The van der Waals surface area contributed by atoms with Crippen LogP contribution in [0.5, 0.6) is 0 Å². The Kier molecular flexibility index (Phi) is 16.8. The second kappa shape index (κ2) is 14.3. The largest absolute Gasteiger partial charge is 0.315 e. The van der Waals surface area contributed by atoms with Crippen LogP contribution >= 0.6 is 0 Å². The molecule has 0 atom stereocenters. The molecule has 0 rings (SSSR count). The SMILES string of the molecule is CN(C)O.CN(C)O.CON(C)C.[2H][3H]. The first-order valence-electron chi connectivity index (χ1n) is 4.67. The quantitative estimate of drug-likeness (QED) is 0.594. The second-order valence-corrected chi connectivity index (χ2v) is 2.69. The van der Waals surface area contributed by atoms with Gasteiger partial charge >= 0.3 is 0 Å². The number of rotatable bonds is 1. The van der Waals surface area contributed by atoms with Gasteiger partial charge in [0.15, 0.2) is 0 Å². The predicted molar refractivity (Wildman–Crippen MR) is 53.8 cm³/mol. The summed E-state index contributed by atoms with van der Waals surface area (Å²) in [6.45, 7) is 0. The zero-order chi connectivity index (χ0) is 13.4. The molecule has 0 aliphatic heterocycles. The van der Waals surface area contributed by atoms with Gasteiger partial charge in [-0.25, -0.2) is 0 Å². The lowest BCUT2D eigenvalue weighted by Gasteiger charge is -2.01. The lowest BCUT2D eigenvalue weighted by molar-refractivity contribution is -0.0855. The fourth-order valence-electron chi connectivity index (χ4n) is 0. The van der Waals surface area contributed by atoms with Crippen LogP contribution in [0.25, 0.3) is 0 Å². The molecule has 0 unspecified atom stereocenters. The average Bonchev–Trinajstić information content (AvgIpc) is 2.06. The monoisotopic (exact) mass is 202 g/mol. The number of hydrogen-bond acceptors (Lipinski definition) is 6. The van der Waals surface area contributed by atoms with Crippen molar-refractivity contribution in [2.45, 2.75) is 0 Å².